The van der Waals surface area contributed by atoms with Gasteiger partial charge < -0.3 is 14.2 Å². The maximum Gasteiger partial charge on any atom is 0.306 e. The Morgan fingerprint density at radius 2 is 0.636 bits per heavy atom. The van der Waals surface area contributed by atoms with Gasteiger partial charge in [0.2, 0.25) is 0 Å². The Labute approximate surface area is 342 Å². The molecule has 0 heterocycles. The Morgan fingerprint density at radius 3 is 0.945 bits per heavy atom. The van der Waals surface area contributed by atoms with Crippen molar-refractivity contribution in [1.29, 1.82) is 0 Å². The van der Waals surface area contributed by atoms with Gasteiger partial charge >= 0.3 is 17.9 Å². The standard InChI is InChI=1S/C49H94O6/c1-6-9-10-11-12-13-14-15-16-20-23-29-34-39-47(50)53-42-46(43-54-48(51)40-35-30-26-25-28-33-38-45(5)8-3)55-49(52)41-36-31-24-21-18-17-19-22-27-32-37-44(4)7-2/h44-46H,6-43H2,1-5H3/t44?,45?,46-/m1/s1. The minimum absolute atomic E-state index is 0.0649. The fourth-order valence-electron chi connectivity index (χ4n) is 7.22. The van der Waals surface area contributed by atoms with E-state index in [1.165, 1.54) is 154 Å². The van der Waals surface area contributed by atoms with Gasteiger partial charge in [-0.3, -0.25) is 14.4 Å². The highest BCUT2D eigenvalue weighted by Gasteiger charge is 2.19. The van der Waals surface area contributed by atoms with Crippen molar-refractivity contribution in [2.24, 2.45) is 11.8 Å². The Morgan fingerprint density at radius 1 is 0.364 bits per heavy atom. The maximum absolute atomic E-state index is 12.7. The number of ether oxygens (including phenoxy) is 3. The zero-order valence-corrected chi connectivity index (χ0v) is 37.6. The maximum atomic E-state index is 12.7. The van der Waals surface area contributed by atoms with Crippen molar-refractivity contribution in [3.8, 4) is 0 Å². The van der Waals surface area contributed by atoms with Crippen LogP contribution in [0.15, 0.2) is 0 Å². The molecule has 0 fully saturated rings. The first kappa shape index (κ1) is 53.4. The summed E-state index contributed by atoms with van der Waals surface area (Å²) >= 11 is 0. The van der Waals surface area contributed by atoms with Gasteiger partial charge in [-0.1, -0.05) is 227 Å². The summed E-state index contributed by atoms with van der Waals surface area (Å²) in [7, 11) is 0. The quantitative estimate of drug-likeness (QED) is 0.0348. The lowest BCUT2D eigenvalue weighted by atomic mass is 9.99. The molecule has 0 aromatic carbocycles. The van der Waals surface area contributed by atoms with E-state index in [4.69, 9.17) is 14.2 Å². The molecule has 0 rings (SSSR count). The van der Waals surface area contributed by atoms with Crippen LogP contribution >= 0.6 is 0 Å². The van der Waals surface area contributed by atoms with Crippen molar-refractivity contribution in [1.82, 2.24) is 0 Å². The molecule has 0 aliphatic carbocycles. The molecule has 0 amide bonds. The second kappa shape index (κ2) is 42.0. The summed E-state index contributed by atoms with van der Waals surface area (Å²) in [6.07, 6.45) is 40.8. The monoisotopic (exact) mass is 779 g/mol. The third-order valence-electron chi connectivity index (χ3n) is 11.7. The summed E-state index contributed by atoms with van der Waals surface area (Å²) < 4.78 is 16.8. The van der Waals surface area contributed by atoms with E-state index in [2.05, 4.69) is 34.6 Å². The lowest BCUT2D eigenvalue weighted by Crippen LogP contribution is -2.30. The van der Waals surface area contributed by atoms with Gasteiger partial charge in [0.05, 0.1) is 0 Å². The number of carbonyl (C=O) groups is 3. The molecule has 0 bridgehead atoms. The first-order valence-electron chi connectivity index (χ1n) is 24.3. The van der Waals surface area contributed by atoms with Crippen LogP contribution in [0, 0.1) is 11.8 Å². The van der Waals surface area contributed by atoms with Crippen molar-refractivity contribution in [3.05, 3.63) is 0 Å². The SMILES string of the molecule is CCCCCCCCCCCCCCCC(=O)OC[C@H](COC(=O)CCCCCCCCC(C)CC)OC(=O)CCCCCCCCCCCCC(C)CC. The number of unbranched alkanes of at least 4 members (excludes halogenated alkanes) is 26. The van der Waals surface area contributed by atoms with Gasteiger partial charge in [-0.15, -0.1) is 0 Å². The average molecular weight is 779 g/mol. The number of rotatable bonds is 43. The molecular formula is C49H94O6. The van der Waals surface area contributed by atoms with Crippen molar-refractivity contribution in [3.63, 3.8) is 0 Å². The minimum atomic E-state index is -0.761. The third-order valence-corrected chi connectivity index (χ3v) is 11.7. The van der Waals surface area contributed by atoms with Crippen LogP contribution in [0.4, 0.5) is 0 Å². The highest BCUT2D eigenvalue weighted by Crippen LogP contribution is 2.18. The highest BCUT2D eigenvalue weighted by molar-refractivity contribution is 5.71. The summed E-state index contributed by atoms with van der Waals surface area (Å²) in [5, 5.41) is 0. The molecule has 0 N–H and O–H groups in total. The molecule has 0 aromatic heterocycles. The van der Waals surface area contributed by atoms with Gasteiger partial charge in [0, 0.05) is 19.3 Å². The van der Waals surface area contributed by atoms with Gasteiger partial charge in [0.15, 0.2) is 6.10 Å². The normalized spacial score (nSPS) is 13.0. The summed E-state index contributed by atoms with van der Waals surface area (Å²) in [4.78, 5) is 37.8. The molecule has 0 spiro atoms. The van der Waals surface area contributed by atoms with Crippen molar-refractivity contribution >= 4 is 17.9 Å². The summed E-state index contributed by atoms with van der Waals surface area (Å²) in [5.41, 5.74) is 0. The van der Waals surface area contributed by atoms with Gasteiger partial charge in [-0.2, -0.15) is 0 Å². The Balaban J connectivity index is 4.34. The third kappa shape index (κ3) is 40.4. The van der Waals surface area contributed by atoms with Crippen molar-refractivity contribution < 1.29 is 28.6 Å². The number of carbonyl (C=O) groups excluding carboxylic acids is 3. The first-order valence-corrected chi connectivity index (χ1v) is 24.3. The Kier molecular flexibility index (Phi) is 40.8. The van der Waals surface area contributed by atoms with Crippen molar-refractivity contribution in [2.75, 3.05) is 13.2 Å². The number of hydrogen-bond donors (Lipinski definition) is 0. The van der Waals surface area contributed by atoms with E-state index in [1.807, 2.05) is 0 Å². The van der Waals surface area contributed by atoms with Gasteiger partial charge in [-0.05, 0) is 31.1 Å². The fourth-order valence-corrected chi connectivity index (χ4v) is 7.22. The van der Waals surface area contributed by atoms with Crippen LogP contribution in [0.25, 0.3) is 0 Å². The smallest absolute Gasteiger partial charge is 0.306 e. The lowest BCUT2D eigenvalue weighted by Gasteiger charge is -2.18. The molecule has 3 atom stereocenters. The van der Waals surface area contributed by atoms with Crippen LogP contribution in [0.1, 0.15) is 266 Å². The molecule has 0 aliphatic rings. The second-order valence-corrected chi connectivity index (χ2v) is 17.2. The molecule has 6 nitrogen and oxygen atoms in total. The summed E-state index contributed by atoms with van der Waals surface area (Å²) in [5.74, 6) is 0.826. The van der Waals surface area contributed by atoms with E-state index in [0.29, 0.717) is 19.3 Å². The van der Waals surface area contributed by atoms with Crippen LogP contribution in [0.3, 0.4) is 0 Å². The molecule has 0 aromatic rings. The van der Waals surface area contributed by atoms with Crippen LogP contribution in [-0.4, -0.2) is 37.2 Å². The molecule has 6 heteroatoms. The number of esters is 3. The zero-order chi connectivity index (χ0) is 40.5. The van der Waals surface area contributed by atoms with E-state index < -0.39 is 6.10 Å². The molecule has 0 radical (unpaired) electrons. The predicted octanol–water partition coefficient (Wildman–Crippen LogP) is 15.4. The molecular weight excluding hydrogens is 685 g/mol. The van der Waals surface area contributed by atoms with Gasteiger partial charge in [-0.25, -0.2) is 0 Å². The Hall–Kier alpha value is -1.59. The Bertz CT molecular complexity index is 843. The van der Waals surface area contributed by atoms with Crippen LogP contribution in [-0.2, 0) is 28.6 Å². The lowest BCUT2D eigenvalue weighted by molar-refractivity contribution is -0.167. The van der Waals surface area contributed by atoms with Crippen LogP contribution in [0.2, 0.25) is 0 Å². The topological polar surface area (TPSA) is 78.9 Å². The zero-order valence-electron chi connectivity index (χ0n) is 37.6. The van der Waals surface area contributed by atoms with E-state index in [1.54, 1.807) is 0 Å². The second-order valence-electron chi connectivity index (χ2n) is 17.2. The molecule has 0 saturated carbocycles. The largest absolute Gasteiger partial charge is 0.462 e. The van der Waals surface area contributed by atoms with E-state index in [0.717, 1.165) is 69.6 Å². The van der Waals surface area contributed by atoms with Gasteiger partial charge in [0.25, 0.3) is 0 Å². The average Bonchev–Trinajstić information content (AvgIpc) is 3.18. The fraction of sp³-hybridized carbons (Fsp3) is 0.939. The molecule has 326 valence electrons. The van der Waals surface area contributed by atoms with Gasteiger partial charge in [0.1, 0.15) is 13.2 Å². The van der Waals surface area contributed by atoms with E-state index in [-0.39, 0.29) is 31.1 Å². The summed E-state index contributed by atoms with van der Waals surface area (Å²) in [6.45, 7) is 11.3. The summed E-state index contributed by atoms with van der Waals surface area (Å²) in [6, 6.07) is 0. The molecule has 55 heavy (non-hydrogen) atoms. The minimum Gasteiger partial charge on any atom is -0.462 e. The molecule has 2 unspecified atom stereocenters. The van der Waals surface area contributed by atoms with E-state index >= 15 is 0 Å². The van der Waals surface area contributed by atoms with Crippen LogP contribution in [0.5, 0.6) is 0 Å². The predicted molar refractivity (Wildman–Crippen MR) is 233 cm³/mol. The molecule has 0 aliphatic heterocycles. The highest BCUT2D eigenvalue weighted by atomic mass is 16.6. The first-order chi connectivity index (χ1) is 26.8. The number of hydrogen-bond acceptors (Lipinski definition) is 6. The van der Waals surface area contributed by atoms with E-state index in [9.17, 15) is 14.4 Å². The van der Waals surface area contributed by atoms with Crippen LogP contribution < -0.4 is 0 Å². The van der Waals surface area contributed by atoms with Crippen molar-refractivity contribution in [2.45, 2.75) is 272 Å². The molecule has 0 saturated heterocycles.